The molecule has 12 rings (SSSR count). The topological polar surface area (TPSA) is 26.2 Å². The molecule has 0 saturated carbocycles. The van der Waals surface area contributed by atoms with Crippen LogP contribution in [0.3, 0.4) is 0 Å². The lowest BCUT2D eigenvalue weighted by molar-refractivity contribution is 0.552. The van der Waals surface area contributed by atoms with Gasteiger partial charge in [0.25, 0.3) is 0 Å². The summed E-state index contributed by atoms with van der Waals surface area (Å²) in [6.07, 6.45) is 0. The quantitative estimate of drug-likeness (QED) is 0.161. The van der Waals surface area contributed by atoms with Crippen LogP contribution in [-0.4, -0.2) is 15.9 Å². The molecule has 0 radical (unpaired) electrons. The molecule has 7 aromatic carbocycles. The van der Waals surface area contributed by atoms with Crippen LogP contribution in [0.25, 0.3) is 71.4 Å². The van der Waals surface area contributed by atoms with Gasteiger partial charge in [0.05, 0.1) is 11.0 Å². The molecule has 0 aliphatic carbocycles. The summed E-state index contributed by atoms with van der Waals surface area (Å²) < 4.78 is 13.0. The van der Waals surface area contributed by atoms with Gasteiger partial charge in [0, 0.05) is 71.6 Å². The largest absolute Gasteiger partial charge is 0.440 e. The minimum atomic E-state index is -0.193. The zero-order chi connectivity index (χ0) is 52.0. The summed E-state index contributed by atoms with van der Waals surface area (Å²) in [5, 5.41) is 6.43. The molecule has 0 N–H and O–H groups in total. The Labute approximate surface area is 434 Å². The lowest BCUT2D eigenvalue weighted by Gasteiger charge is -2.39. The zero-order valence-electron chi connectivity index (χ0n) is 46.9. The molecule has 0 fully saturated rings. The Morgan fingerprint density at radius 1 is 0.397 bits per heavy atom. The summed E-state index contributed by atoms with van der Waals surface area (Å²) in [6.45, 7) is 42.1. The van der Waals surface area contributed by atoms with Crippen LogP contribution in [-0.2, 0) is 32.5 Å². The molecule has 5 heteroatoms. The number of furan rings is 1. The molecular formula is C68H74BN3O. The van der Waals surface area contributed by atoms with Gasteiger partial charge in [-0.05, 0) is 144 Å². The Balaban J connectivity index is 1.33. The second kappa shape index (κ2) is 15.1. The third-order valence-electron chi connectivity index (χ3n) is 16.6. The van der Waals surface area contributed by atoms with Gasteiger partial charge >= 0.3 is 6.85 Å². The van der Waals surface area contributed by atoms with Crippen molar-refractivity contribution in [2.75, 3.05) is 4.90 Å². The average molecular weight is 960 g/mol. The highest BCUT2D eigenvalue weighted by molar-refractivity contribution is 6.91. The van der Waals surface area contributed by atoms with E-state index in [9.17, 15) is 0 Å². The highest BCUT2D eigenvalue weighted by Crippen LogP contribution is 2.52. The summed E-state index contributed by atoms with van der Waals surface area (Å²) in [5.41, 5.74) is 21.9. The molecule has 5 heterocycles. The molecule has 370 valence electrons. The first-order chi connectivity index (χ1) is 34.0. The summed E-state index contributed by atoms with van der Waals surface area (Å²) in [7, 11) is 0. The Morgan fingerprint density at radius 2 is 0.918 bits per heavy atom. The summed E-state index contributed by atoms with van der Waals surface area (Å²) in [6, 6.07) is 47.5. The lowest BCUT2D eigenvalue weighted by atomic mass is 9.45. The highest BCUT2D eigenvalue weighted by atomic mass is 16.4. The van der Waals surface area contributed by atoms with Gasteiger partial charge in [-0.15, -0.1) is 0 Å². The smallest absolute Gasteiger partial charge is 0.337 e. The number of fused-ring (bicyclic) bond motifs is 13. The summed E-state index contributed by atoms with van der Waals surface area (Å²) in [4.78, 5) is 2.50. The SMILES string of the molecule is CC(C)(C)c1ccc(N2c3cc(C(C)(C)C)cc4c3B(c3c2oc2c(C(C)(C)C)cc(C(C)(C)C)cc32)n2c3ccc5c(c6cc(C(C)(C)C)ccc6n5-c5ccccc5)c3c3cc(C(C)(C)C)cc-4c32)cc1. The van der Waals surface area contributed by atoms with Crippen molar-refractivity contribution in [1.29, 1.82) is 0 Å². The molecule has 0 atom stereocenters. The molecule has 2 aliphatic heterocycles. The number of aromatic nitrogens is 2. The first kappa shape index (κ1) is 47.5. The normalized spacial score (nSPS) is 14.4. The van der Waals surface area contributed by atoms with Crippen LogP contribution < -0.4 is 15.8 Å². The number of hydrogen-bond donors (Lipinski definition) is 0. The van der Waals surface area contributed by atoms with E-state index in [0.29, 0.717) is 0 Å². The van der Waals surface area contributed by atoms with Crippen LogP contribution in [0.5, 0.6) is 0 Å². The van der Waals surface area contributed by atoms with E-state index in [2.05, 4.69) is 260 Å². The van der Waals surface area contributed by atoms with Gasteiger partial charge in [-0.25, -0.2) is 0 Å². The van der Waals surface area contributed by atoms with E-state index in [1.807, 2.05) is 0 Å². The number of benzene rings is 7. The third-order valence-corrected chi connectivity index (χ3v) is 16.6. The van der Waals surface area contributed by atoms with Gasteiger partial charge in [0.2, 0.25) is 5.88 Å². The molecule has 0 unspecified atom stereocenters. The van der Waals surface area contributed by atoms with Crippen molar-refractivity contribution in [1.82, 2.24) is 9.05 Å². The van der Waals surface area contributed by atoms with E-state index in [1.54, 1.807) is 0 Å². The van der Waals surface area contributed by atoms with Gasteiger partial charge in [-0.3, -0.25) is 4.90 Å². The van der Waals surface area contributed by atoms with Crippen LogP contribution in [0.1, 0.15) is 158 Å². The van der Waals surface area contributed by atoms with E-state index in [1.165, 1.54) is 116 Å². The Hall–Kier alpha value is -6.46. The average Bonchev–Trinajstić information content (AvgIpc) is 3.96. The van der Waals surface area contributed by atoms with Crippen molar-refractivity contribution in [3.8, 4) is 16.8 Å². The van der Waals surface area contributed by atoms with Gasteiger partial charge in [-0.1, -0.05) is 173 Å². The third kappa shape index (κ3) is 7.07. The minimum Gasteiger partial charge on any atom is -0.440 e. The van der Waals surface area contributed by atoms with Crippen LogP contribution in [0.2, 0.25) is 0 Å². The Morgan fingerprint density at radius 3 is 1.53 bits per heavy atom. The van der Waals surface area contributed by atoms with E-state index in [0.717, 1.165) is 17.2 Å². The van der Waals surface area contributed by atoms with Crippen LogP contribution >= 0.6 is 0 Å². The van der Waals surface area contributed by atoms with Gasteiger partial charge in [-0.2, -0.15) is 0 Å². The molecule has 0 saturated heterocycles. The second-order valence-electron chi connectivity index (χ2n) is 28.0. The molecule has 4 nitrogen and oxygen atoms in total. The van der Waals surface area contributed by atoms with Crippen molar-refractivity contribution in [3.63, 3.8) is 0 Å². The maximum atomic E-state index is 7.73. The molecule has 0 bridgehead atoms. The first-order valence-electron chi connectivity index (χ1n) is 26.9. The van der Waals surface area contributed by atoms with E-state index in [-0.39, 0.29) is 39.3 Å². The predicted octanol–water partition coefficient (Wildman–Crippen LogP) is 17.8. The summed E-state index contributed by atoms with van der Waals surface area (Å²) in [5.74, 6) is 0.908. The molecule has 0 spiro atoms. The maximum Gasteiger partial charge on any atom is 0.337 e. The fraction of sp³-hybridized carbons (Fsp3) is 0.353. The monoisotopic (exact) mass is 960 g/mol. The van der Waals surface area contributed by atoms with Crippen molar-refractivity contribution < 1.29 is 4.42 Å². The van der Waals surface area contributed by atoms with Crippen LogP contribution in [0.4, 0.5) is 17.3 Å². The minimum absolute atomic E-state index is 0.00871. The molecule has 10 aromatic rings. The van der Waals surface area contributed by atoms with Crippen LogP contribution in [0.15, 0.2) is 126 Å². The fourth-order valence-electron chi connectivity index (χ4n) is 12.3. The molecular weight excluding hydrogens is 886 g/mol. The number of anilines is 3. The van der Waals surface area contributed by atoms with Crippen molar-refractivity contribution in [3.05, 3.63) is 155 Å². The molecule has 73 heavy (non-hydrogen) atoms. The standard InChI is InChI=1S/C68H74BN3O/c1-63(2,3)39-24-27-45(28-25-39)71-55-38-43(67(13,14)15)33-46-47-34-41(65(7,8)9)35-49-57-54(31-30-53-56(57)48-32-40(64(4,5)6)26-29-52(48)70(53)44-22-20-19-21-23-44)72(60(47)49)69(58(46)55)59-50-36-42(66(10,11)12)37-51(68(16,17)18)61(50)73-62(59)71/h19-38H,1-18H3. The van der Waals surface area contributed by atoms with Crippen molar-refractivity contribution in [2.45, 2.75) is 157 Å². The Kier molecular flexibility index (Phi) is 9.82. The molecule has 0 amide bonds. The maximum absolute atomic E-state index is 7.73. The first-order valence-corrected chi connectivity index (χ1v) is 26.9. The lowest BCUT2D eigenvalue weighted by Crippen LogP contribution is -2.56. The summed E-state index contributed by atoms with van der Waals surface area (Å²) >= 11 is 0. The van der Waals surface area contributed by atoms with Crippen molar-refractivity contribution >= 4 is 89.6 Å². The number of rotatable bonds is 2. The number of para-hydroxylation sites is 1. The van der Waals surface area contributed by atoms with Gasteiger partial charge in [0.1, 0.15) is 5.58 Å². The van der Waals surface area contributed by atoms with E-state index in [4.69, 9.17) is 4.42 Å². The van der Waals surface area contributed by atoms with Crippen LogP contribution in [0, 0.1) is 0 Å². The molecule has 3 aromatic heterocycles. The number of hydrogen-bond acceptors (Lipinski definition) is 2. The zero-order valence-corrected chi connectivity index (χ0v) is 46.9. The van der Waals surface area contributed by atoms with Gasteiger partial charge in [0.15, 0.2) is 0 Å². The molecule has 2 aliphatic rings. The van der Waals surface area contributed by atoms with Gasteiger partial charge < -0.3 is 13.5 Å². The van der Waals surface area contributed by atoms with Crippen molar-refractivity contribution in [2.24, 2.45) is 0 Å². The predicted molar refractivity (Wildman–Crippen MR) is 316 cm³/mol. The Bertz CT molecular complexity index is 3940. The van der Waals surface area contributed by atoms with E-state index < -0.39 is 0 Å². The highest BCUT2D eigenvalue weighted by Gasteiger charge is 2.48. The second-order valence-corrected chi connectivity index (χ2v) is 28.0. The number of nitrogens with zero attached hydrogens (tertiary/aromatic N) is 3. The fourth-order valence-corrected chi connectivity index (χ4v) is 12.3. The van der Waals surface area contributed by atoms with E-state index >= 15 is 0 Å².